The van der Waals surface area contributed by atoms with Crippen molar-refractivity contribution in [3.63, 3.8) is 0 Å². The summed E-state index contributed by atoms with van der Waals surface area (Å²) in [6.07, 6.45) is -0.0328. The predicted octanol–water partition coefficient (Wildman–Crippen LogP) is 2.70. The number of hydrogen-bond donors (Lipinski definition) is 0. The van der Waals surface area contributed by atoms with E-state index in [1.165, 1.54) is 11.8 Å². The number of rotatable bonds is 4. The van der Waals surface area contributed by atoms with Crippen molar-refractivity contribution in [1.82, 2.24) is 4.90 Å². The van der Waals surface area contributed by atoms with Crippen molar-refractivity contribution in [2.75, 3.05) is 11.7 Å². The summed E-state index contributed by atoms with van der Waals surface area (Å²) >= 11 is 2.16. The van der Waals surface area contributed by atoms with Gasteiger partial charge < -0.3 is 14.4 Å². The van der Waals surface area contributed by atoms with Gasteiger partial charge in [-0.15, -0.1) is 0 Å². The fourth-order valence-electron chi connectivity index (χ4n) is 3.40. The Balaban J connectivity index is 1.58. The molecule has 4 rings (SSSR count). The van der Waals surface area contributed by atoms with Crippen LogP contribution < -0.4 is 14.4 Å². The van der Waals surface area contributed by atoms with E-state index in [4.69, 9.17) is 9.47 Å². The van der Waals surface area contributed by atoms with Crippen LogP contribution in [0.3, 0.4) is 0 Å². The summed E-state index contributed by atoms with van der Waals surface area (Å²) in [6.45, 7) is 1.77. The Labute approximate surface area is 175 Å². The summed E-state index contributed by atoms with van der Waals surface area (Å²) in [4.78, 5) is 40.4. The van der Waals surface area contributed by atoms with E-state index in [1.54, 1.807) is 24.3 Å². The molecule has 7 nitrogen and oxygen atoms in total. The lowest BCUT2D eigenvalue weighted by atomic mass is 10.1. The smallest absolute Gasteiger partial charge is 0.257 e. The number of ether oxygens (including phenoxy) is 2. The number of imide groups is 1. The molecule has 0 spiro atoms. The molecule has 2 aromatic rings. The van der Waals surface area contributed by atoms with Crippen LogP contribution in [0, 0.1) is 3.57 Å². The van der Waals surface area contributed by atoms with Gasteiger partial charge in [-0.3, -0.25) is 14.4 Å². The zero-order valence-corrected chi connectivity index (χ0v) is 17.2. The van der Waals surface area contributed by atoms with E-state index in [9.17, 15) is 14.4 Å². The molecule has 0 aromatic heterocycles. The number of carbonyl (C=O) groups excluding carboxylic acids is 3. The lowest BCUT2D eigenvalue weighted by molar-refractivity contribution is -0.137. The molecule has 144 valence electrons. The van der Waals surface area contributed by atoms with Gasteiger partial charge in [0.2, 0.25) is 18.6 Å². The van der Waals surface area contributed by atoms with E-state index in [1.807, 2.05) is 18.2 Å². The van der Waals surface area contributed by atoms with Gasteiger partial charge in [-0.1, -0.05) is 6.07 Å². The van der Waals surface area contributed by atoms with E-state index in [2.05, 4.69) is 22.6 Å². The number of halogens is 1. The summed E-state index contributed by atoms with van der Waals surface area (Å²) in [5, 5.41) is 0. The second-order valence-electron chi connectivity index (χ2n) is 6.60. The highest BCUT2D eigenvalue weighted by atomic mass is 127. The minimum Gasteiger partial charge on any atom is -0.454 e. The Kier molecular flexibility index (Phi) is 4.96. The molecule has 0 saturated carbocycles. The van der Waals surface area contributed by atoms with Crippen molar-refractivity contribution in [1.29, 1.82) is 0 Å². The number of anilines is 1. The third kappa shape index (κ3) is 3.44. The molecule has 0 aliphatic carbocycles. The molecule has 1 fully saturated rings. The minimum absolute atomic E-state index is 0.0328. The summed E-state index contributed by atoms with van der Waals surface area (Å²) in [5.41, 5.74) is 1.32. The number of benzene rings is 2. The van der Waals surface area contributed by atoms with Crippen LogP contribution in [0.2, 0.25) is 0 Å². The van der Waals surface area contributed by atoms with Crippen LogP contribution in [0.5, 0.6) is 11.5 Å². The maximum Gasteiger partial charge on any atom is 0.257 e. The molecule has 1 saturated heterocycles. The minimum atomic E-state index is -0.824. The largest absolute Gasteiger partial charge is 0.454 e. The molecular formula is C20H17IN2O5. The Bertz CT molecular complexity index is 960. The van der Waals surface area contributed by atoms with Gasteiger partial charge in [-0.25, -0.2) is 4.90 Å². The van der Waals surface area contributed by atoms with Crippen LogP contribution >= 0.6 is 22.6 Å². The van der Waals surface area contributed by atoms with Crippen molar-refractivity contribution in [2.24, 2.45) is 0 Å². The van der Waals surface area contributed by atoms with Gasteiger partial charge >= 0.3 is 0 Å². The van der Waals surface area contributed by atoms with Crippen molar-refractivity contribution in [3.8, 4) is 11.5 Å². The summed E-state index contributed by atoms with van der Waals surface area (Å²) in [7, 11) is 0. The van der Waals surface area contributed by atoms with Gasteiger partial charge in [-0.2, -0.15) is 0 Å². The second-order valence-corrected chi connectivity index (χ2v) is 7.84. The monoisotopic (exact) mass is 492 g/mol. The number of carbonyl (C=O) groups is 3. The van der Waals surface area contributed by atoms with Crippen molar-refractivity contribution in [2.45, 2.75) is 25.9 Å². The summed E-state index contributed by atoms with van der Waals surface area (Å²) in [6, 6.07) is 11.7. The summed E-state index contributed by atoms with van der Waals surface area (Å²) < 4.78 is 11.7. The Morgan fingerprint density at radius 1 is 1.14 bits per heavy atom. The molecule has 2 heterocycles. The summed E-state index contributed by atoms with van der Waals surface area (Å²) in [5.74, 6) is 0.286. The first-order valence-corrected chi connectivity index (χ1v) is 9.80. The predicted molar refractivity (Wildman–Crippen MR) is 109 cm³/mol. The third-order valence-electron chi connectivity index (χ3n) is 4.78. The van der Waals surface area contributed by atoms with Crippen molar-refractivity contribution >= 4 is 46.0 Å². The van der Waals surface area contributed by atoms with Gasteiger partial charge in [0.1, 0.15) is 6.04 Å². The topological polar surface area (TPSA) is 76.2 Å². The van der Waals surface area contributed by atoms with E-state index >= 15 is 0 Å². The SMILES string of the molecule is CC(=O)N(Cc1ccc2c(c1)OCO2)C1CC(=O)N(c2ccc(I)cc2)C1=O. The molecule has 0 bridgehead atoms. The zero-order valence-electron chi connectivity index (χ0n) is 15.1. The van der Waals surface area contributed by atoms with Crippen molar-refractivity contribution < 1.29 is 23.9 Å². The van der Waals surface area contributed by atoms with Gasteiger partial charge in [0.25, 0.3) is 5.91 Å². The van der Waals surface area contributed by atoms with Gasteiger partial charge in [0.05, 0.1) is 12.1 Å². The lowest BCUT2D eigenvalue weighted by Crippen LogP contribution is -2.44. The first-order valence-electron chi connectivity index (χ1n) is 8.72. The number of nitrogens with zero attached hydrogens (tertiary/aromatic N) is 2. The molecule has 1 atom stereocenters. The molecule has 0 N–H and O–H groups in total. The standard InChI is InChI=1S/C20H17IN2O5/c1-12(24)22(10-13-2-7-17-18(8-13)28-11-27-17)16-9-19(25)23(20(16)26)15-5-3-14(21)4-6-15/h2-8,16H,9-11H2,1H3. The second kappa shape index (κ2) is 7.42. The fraction of sp³-hybridized carbons (Fsp3) is 0.250. The molecule has 3 amide bonds. The highest BCUT2D eigenvalue weighted by molar-refractivity contribution is 14.1. The fourth-order valence-corrected chi connectivity index (χ4v) is 3.76. The first kappa shape index (κ1) is 18.7. The lowest BCUT2D eigenvalue weighted by Gasteiger charge is -2.26. The van der Waals surface area contributed by atoms with Gasteiger partial charge in [-0.05, 0) is 64.6 Å². The van der Waals surface area contributed by atoms with Crippen LogP contribution in [0.25, 0.3) is 0 Å². The molecule has 8 heteroatoms. The number of amides is 3. The van der Waals surface area contributed by atoms with E-state index in [0.29, 0.717) is 17.2 Å². The Morgan fingerprint density at radius 2 is 1.86 bits per heavy atom. The zero-order chi connectivity index (χ0) is 19.8. The number of hydrogen-bond acceptors (Lipinski definition) is 5. The maximum absolute atomic E-state index is 13.0. The van der Waals surface area contributed by atoms with Crippen LogP contribution in [-0.2, 0) is 20.9 Å². The molecule has 0 radical (unpaired) electrons. The normalized spacial score (nSPS) is 17.9. The third-order valence-corrected chi connectivity index (χ3v) is 5.50. The first-order chi connectivity index (χ1) is 13.4. The molecule has 2 aromatic carbocycles. The average Bonchev–Trinajstić information content (AvgIpc) is 3.24. The van der Waals surface area contributed by atoms with Crippen LogP contribution in [0.15, 0.2) is 42.5 Å². The van der Waals surface area contributed by atoms with Crippen LogP contribution in [0.4, 0.5) is 5.69 Å². The molecular weight excluding hydrogens is 475 g/mol. The highest BCUT2D eigenvalue weighted by Gasteiger charge is 2.43. The highest BCUT2D eigenvalue weighted by Crippen LogP contribution is 2.33. The maximum atomic E-state index is 13.0. The van der Waals surface area contributed by atoms with Gasteiger partial charge in [0.15, 0.2) is 11.5 Å². The van der Waals surface area contributed by atoms with Crippen LogP contribution in [0.1, 0.15) is 18.9 Å². The molecule has 2 aliphatic rings. The Morgan fingerprint density at radius 3 is 2.57 bits per heavy atom. The van der Waals surface area contributed by atoms with Gasteiger partial charge in [0, 0.05) is 17.0 Å². The average molecular weight is 492 g/mol. The Hall–Kier alpha value is -2.62. The van der Waals surface area contributed by atoms with E-state index in [-0.39, 0.29) is 37.5 Å². The van der Waals surface area contributed by atoms with E-state index in [0.717, 1.165) is 14.0 Å². The van der Waals surface area contributed by atoms with E-state index < -0.39 is 6.04 Å². The molecule has 1 unspecified atom stereocenters. The van der Waals surface area contributed by atoms with Crippen molar-refractivity contribution in [3.05, 3.63) is 51.6 Å². The quantitative estimate of drug-likeness (QED) is 0.485. The number of fused-ring (bicyclic) bond motifs is 1. The molecule has 2 aliphatic heterocycles. The molecule has 28 heavy (non-hydrogen) atoms. The van der Waals surface area contributed by atoms with Crippen LogP contribution in [-0.4, -0.2) is 35.5 Å².